The molecule has 1 aromatic carbocycles. The van der Waals surface area contributed by atoms with Crippen LogP contribution in [-0.4, -0.2) is 23.6 Å². The van der Waals surface area contributed by atoms with Gasteiger partial charge in [0, 0.05) is 5.41 Å². The molecule has 0 fully saturated rings. The summed E-state index contributed by atoms with van der Waals surface area (Å²) in [6, 6.07) is 4.71. The summed E-state index contributed by atoms with van der Waals surface area (Å²) in [5.74, 6) is -1.22. The van der Waals surface area contributed by atoms with E-state index in [4.69, 9.17) is 4.74 Å². The summed E-state index contributed by atoms with van der Waals surface area (Å²) in [7, 11) is 0. The molecule has 0 aliphatic heterocycles. The van der Waals surface area contributed by atoms with Crippen molar-refractivity contribution < 1.29 is 19.4 Å². The van der Waals surface area contributed by atoms with Crippen LogP contribution in [0.4, 0.5) is 5.69 Å². The van der Waals surface area contributed by atoms with Crippen LogP contribution in [0.5, 0.6) is 5.75 Å². The second-order valence-electron chi connectivity index (χ2n) is 5.29. The maximum Gasteiger partial charge on any atom is 0.341 e. The molecule has 0 spiro atoms. The molecule has 108 valence electrons. The van der Waals surface area contributed by atoms with E-state index in [1.807, 2.05) is 0 Å². The minimum absolute atomic E-state index is 0.0630. The predicted octanol–water partition coefficient (Wildman–Crippen LogP) is 2.93. The normalized spacial score (nSPS) is 10.8. The number of hydrogen-bond donors (Lipinski definition) is 2. The zero-order valence-corrected chi connectivity index (χ0v) is 11.9. The lowest BCUT2D eigenvalue weighted by Crippen LogP contribution is -2.28. The van der Waals surface area contributed by atoms with Crippen LogP contribution >= 0.6 is 0 Å². The van der Waals surface area contributed by atoms with Crippen LogP contribution in [0.25, 0.3) is 0 Å². The number of carbonyl (C=O) groups excluding carboxylic acids is 1. The van der Waals surface area contributed by atoms with Crippen molar-refractivity contribution in [1.82, 2.24) is 0 Å². The van der Waals surface area contributed by atoms with E-state index in [1.165, 1.54) is 12.1 Å². The minimum Gasteiger partial charge on any atom is -0.489 e. The van der Waals surface area contributed by atoms with Gasteiger partial charge in [-0.05, 0) is 12.1 Å². The van der Waals surface area contributed by atoms with Crippen LogP contribution in [0.3, 0.4) is 0 Å². The van der Waals surface area contributed by atoms with Crippen molar-refractivity contribution in [3.63, 3.8) is 0 Å². The fourth-order valence-electron chi connectivity index (χ4n) is 1.43. The second kappa shape index (κ2) is 6.23. The highest BCUT2D eigenvalue weighted by Crippen LogP contribution is 2.28. The summed E-state index contributed by atoms with van der Waals surface area (Å²) in [6.45, 7) is 8.96. The minimum atomic E-state index is -1.16. The van der Waals surface area contributed by atoms with Gasteiger partial charge in [-0.3, -0.25) is 4.79 Å². The number of carboxylic acids is 1. The van der Waals surface area contributed by atoms with Crippen LogP contribution < -0.4 is 10.1 Å². The first-order valence-electron chi connectivity index (χ1n) is 6.19. The van der Waals surface area contributed by atoms with Crippen LogP contribution in [-0.2, 0) is 4.79 Å². The molecule has 0 radical (unpaired) electrons. The topological polar surface area (TPSA) is 75.6 Å². The van der Waals surface area contributed by atoms with E-state index < -0.39 is 11.4 Å². The van der Waals surface area contributed by atoms with Crippen LogP contribution in [0.1, 0.15) is 31.1 Å². The lowest BCUT2D eigenvalue weighted by molar-refractivity contribution is -0.123. The highest BCUT2D eigenvalue weighted by molar-refractivity contribution is 6.03. The molecule has 0 aliphatic carbocycles. The molecule has 0 atom stereocenters. The number of hydrogen-bond acceptors (Lipinski definition) is 3. The number of nitrogens with one attached hydrogen (secondary N) is 1. The molecule has 0 unspecified atom stereocenters. The van der Waals surface area contributed by atoms with E-state index >= 15 is 0 Å². The predicted molar refractivity (Wildman–Crippen MR) is 77.2 cm³/mol. The quantitative estimate of drug-likeness (QED) is 0.811. The van der Waals surface area contributed by atoms with Crippen LogP contribution in [0, 0.1) is 5.41 Å². The lowest BCUT2D eigenvalue weighted by atomic mass is 9.95. The number of anilines is 1. The molecule has 1 rings (SSSR count). The molecule has 0 saturated heterocycles. The first-order chi connectivity index (χ1) is 9.27. The molecule has 0 aromatic heterocycles. The number of rotatable bonds is 5. The van der Waals surface area contributed by atoms with Crippen LogP contribution in [0.2, 0.25) is 0 Å². The van der Waals surface area contributed by atoms with E-state index in [9.17, 15) is 14.7 Å². The number of carbonyl (C=O) groups is 2. The van der Waals surface area contributed by atoms with Crippen molar-refractivity contribution >= 4 is 17.6 Å². The number of aromatic carboxylic acids is 1. The first-order valence-corrected chi connectivity index (χ1v) is 6.19. The maximum atomic E-state index is 12.0. The number of amides is 1. The Morgan fingerprint density at radius 2 is 2.05 bits per heavy atom. The van der Waals surface area contributed by atoms with Crippen molar-refractivity contribution in [2.75, 3.05) is 11.9 Å². The Balaban J connectivity index is 3.16. The van der Waals surface area contributed by atoms with E-state index in [1.54, 1.807) is 32.9 Å². The van der Waals surface area contributed by atoms with Crippen molar-refractivity contribution in [2.45, 2.75) is 20.8 Å². The van der Waals surface area contributed by atoms with Gasteiger partial charge in [0.1, 0.15) is 17.9 Å². The zero-order chi connectivity index (χ0) is 15.3. The number of ether oxygens (including phenoxy) is 1. The summed E-state index contributed by atoms with van der Waals surface area (Å²) in [5.41, 5.74) is -0.459. The van der Waals surface area contributed by atoms with Gasteiger partial charge in [0.05, 0.1) is 5.69 Å². The summed E-state index contributed by atoms with van der Waals surface area (Å²) in [4.78, 5) is 23.4. The lowest BCUT2D eigenvalue weighted by Gasteiger charge is -2.19. The zero-order valence-electron chi connectivity index (χ0n) is 11.9. The van der Waals surface area contributed by atoms with Crippen molar-refractivity contribution in [2.24, 2.45) is 5.41 Å². The smallest absolute Gasteiger partial charge is 0.341 e. The van der Waals surface area contributed by atoms with Gasteiger partial charge in [-0.25, -0.2) is 4.79 Å². The molecule has 1 aromatic rings. The van der Waals surface area contributed by atoms with E-state index in [0.717, 1.165) is 0 Å². The second-order valence-corrected chi connectivity index (χ2v) is 5.29. The van der Waals surface area contributed by atoms with Gasteiger partial charge < -0.3 is 15.2 Å². The van der Waals surface area contributed by atoms with Crippen molar-refractivity contribution in [3.8, 4) is 5.75 Å². The summed E-state index contributed by atoms with van der Waals surface area (Å²) in [5, 5.41) is 11.9. The summed E-state index contributed by atoms with van der Waals surface area (Å²) >= 11 is 0. The van der Waals surface area contributed by atoms with Crippen LogP contribution in [0.15, 0.2) is 30.9 Å². The highest BCUT2D eigenvalue weighted by atomic mass is 16.5. The van der Waals surface area contributed by atoms with E-state index in [-0.39, 0.29) is 29.5 Å². The molecule has 5 heteroatoms. The summed E-state index contributed by atoms with van der Waals surface area (Å²) in [6.07, 6.45) is 1.52. The average molecular weight is 277 g/mol. The molecule has 0 saturated carbocycles. The SMILES string of the molecule is C=CCOc1cccc(NC(=O)C(C)(C)C)c1C(=O)O. The summed E-state index contributed by atoms with van der Waals surface area (Å²) < 4.78 is 5.31. The average Bonchev–Trinajstić information content (AvgIpc) is 2.34. The molecular weight excluding hydrogens is 258 g/mol. The van der Waals surface area contributed by atoms with Gasteiger partial charge in [0.15, 0.2) is 0 Å². The monoisotopic (exact) mass is 277 g/mol. The Kier molecular flexibility index (Phi) is 4.91. The molecule has 0 bridgehead atoms. The number of benzene rings is 1. The third kappa shape index (κ3) is 3.85. The van der Waals surface area contributed by atoms with Gasteiger partial charge in [0.2, 0.25) is 5.91 Å². The molecule has 5 nitrogen and oxygen atoms in total. The third-order valence-corrected chi connectivity index (χ3v) is 2.53. The first kappa shape index (κ1) is 15.8. The fraction of sp³-hybridized carbons (Fsp3) is 0.333. The molecule has 2 N–H and O–H groups in total. The Morgan fingerprint density at radius 3 is 2.55 bits per heavy atom. The molecule has 20 heavy (non-hydrogen) atoms. The fourth-order valence-corrected chi connectivity index (χ4v) is 1.43. The molecule has 0 aliphatic rings. The Labute approximate surface area is 118 Å². The van der Waals surface area contributed by atoms with Gasteiger partial charge in [-0.1, -0.05) is 39.5 Å². The standard InChI is InChI=1S/C15H19NO4/c1-5-9-20-11-8-6-7-10(12(11)13(17)18)16-14(19)15(2,3)4/h5-8H,1,9H2,2-4H3,(H,16,19)(H,17,18). The Hall–Kier alpha value is -2.30. The van der Waals surface area contributed by atoms with Gasteiger partial charge in [-0.15, -0.1) is 0 Å². The van der Waals surface area contributed by atoms with E-state index in [0.29, 0.717) is 0 Å². The maximum absolute atomic E-state index is 12.0. The highest BCUT2D eigenvalue weighted by Gasteiger charge is 2.24. The largest absolute Gasteiger partial charge is 0.489 e. The van der Waals surface area contributed by atoms with Crippen molar-refractivity contribution in [3.05, 3.63) is 36.4 Å². The number of carboxylic acid groups (broad SMARTS) is 1. The van der Waals surface area contributed by atoms with E-state index in [2.05, 4.69) is 11.9 Å². The van der Waals surface area contributed by atoms with Gasteiger partial charge >= 0.3 is 5.97 Å². The molecular formula is C15H19NO4. The van der Waals surface area contributed by atoms with Crippen molar-refractivity contribution in [1.29, 1.82) is 0 Å². The molecule has 1 amide bonds. The van der Waals surface area contributed by atoms with Gasteiger partial charge in [0.25, 0.3) is 0 Å². The Bertz CT molecular complexity index is 529. The van der Waals surface area contributed by atoms with Gasteiger partial charge in [-0.2, -0.15) is 0 Å². The third-order valence-electron chi connectivity index (χ3n) is 2.53. The molecule has 0 heterocycles. The Morgan fingerprint density at radius 1 is 1.40 bits per heavy atom.